The Morgan fingerprint density at radius 1 is 1.00 bits per heavy atom. The Balaban J connectivity index is 0.912. The number of carbonyl (C=O) groups is 3. The first-order valence-electron chi connectivity index (χ1n) is 16.2. The normalized spacial score (nSPS) is 24.8. The van der Waals surface area contributed by atoms with Crippen molar-refractivity contribution in [1.29, 1.82) is 0 Å². The van der Waals surface area contributed by atoms with Gasteiger partial charge in [-0.05, 0) is 77.1 Å². The second kappa shape index (κ2) is 12.0. The van der Waals surface area contributed by atoms with Crippen molar-refractivity contribution in [2.24, 2.45) is 12.5 Å². The second-order valence-electron chi connectivity index (χ2n) is 13.5. The lowest BCUT2D eigenvalue weighted by atomic mass is 9.72. The highest BCUT2D eigenvalue weighted by atomic mass is 79.9. The number of carbonyl (C=O) groups excluding carboxylic acids is 3. The molecule has 11 nitrogen and oxygen atoms in total. The van der Waals surface area contributed by atoms with Crippen LogP contribution < -0.4 is 21.1 Å². The largest absolute Gasteiger partial charge is 0.379 e. The van der Waals surface area contributed by atoms with Gasteiger partial charge >= 0.3 is 0 Å². The second-order valence-corrected chi connectivity index (χ2v) is 14.3. The average Bonchev–Trinajstić information content (AvgIpc) is 3.03. The maximum Gasteiger partial charge on any atom is 0.282 e. The molecule has 3 amide bonds. The van der Waals surface area contributed by atoms with E-state index in [9.17, 15) is 19.2 Å². The fourth-order valence-electron chi connectivity index (χ4n) is 7.51. The maximum absolute atomic E-state index is 13.3. The maximum atomic E-state index is 13.3. The van der Waals surface area contributed by atoms with Crippen molar-refractivity contribution in [3.63, 3.8) is 0 Å². The van der Waals surface area contributed by atoms with Gasteiger partial charge in [0.05, 0.1) is 17.8 Å². The number of aryl methyl sites for hydroxylation is 1. The Kier molecular flexibility index (Phi) is 7.64. The van der Waals surface area contributed by atoms with Gasteiger partial charge in [-0.3, -0.25) is 24.5 Å². The number of rotatable bonds is 6. The molecule has 240 valence electrons. The molecule has 1 spiro atoms. The minimum Gasteiger partial charge on any atom is -0.379 e. The number of aromatic nitrogens is 2. The zero-order valence-corrected chi connectivity index (χ0v) is 27.6. The van der Waals surface area contributed by atoms with Gasteiger partial charge in [-0.1, -0.05) is 24.3 Å². The predicted octanol–water partition coefficient (Wildman–Crippen LogP) is 2.93. The number of halogens is 1. The molecule has 2 aromatic carbocycles. The number of hydrogen-bond donors (Lipinski definition) is 2. The van der Waals surface area contributed by atoms with Gasteiger partial charge in [-0.2, -0.15) is 5.10 Å². The molecule has 4 aliphatic rings. The first-order valence-corrected chi connectivity index (χ1v) is 16.6. The van der Waals surface area contributed by atoms with Crippen LogP contribution in [0.3, 0.4) is 0 Å². The minimum atomic E-state index is -0.460. The zero-order chi connectivity index (χ0) is 33.0. The summed E-state index contributed by atoms with van der Waals surface area (Å²) in [5, 5.41) is 8.15. The highest BCUT2D eigenvalue weighted by Crippen LogP contribution is 2.43. The average molecular weight is 690 g/mol. The summed E-state index contributed by atoms with van der Waals surface area (Å²) in [6.45, 7) is 4.99. The third-order valence-corrected chi connectivity index (χ3v) is 10.7. The van der Waals surface area contributed by atoms with Gasteiger partial charge in [-0.15, -0.1) is 0 Å². The Labute approximate surface area is 277 Å². The third-order valence-electron chi connectivity index (χ3n) is 9.93. The van der Waals surface area contributed by atoms with Crippen molar-refractivity contribution in [1.82, 2.24) is 24.9 Å². The van der Waals surface area contributed by atoms with E-state index in [4.69, 9.17) is 1.41 Å². The SMILES string of the molecule is [2H]N1C(=O)CCC(c2ccc(N3CC4(CN(C(=O)c5ccc([C@H]6C[C@@H](Nc7cnn(C)c(=O)c7Br)CN(C)C6)cc5)C4)C3)cc2)C1=O. The molecule has 3 atom stereocenters. The van der Waals surface area contributed by atoms with Crippen LogP contribution in [0.5, 0.6) is 0 Å². The van der Waals surface area contributed by atoms with E-state index in [0.29, 0.717) is 27.5 Å². The standard InChI is InChI=1S/C34H38BrN7O4/c1-39-15-24(13-25(16-39)37-28-14-36-40(2)33(46)30(28)35)21-3-5-23(6-4-21)32(45)42-19-34(20-42)17-41(18-34)26-9-7-22(8-10-26)27-11-12-29(43)38-31(27)44/h3-10,14,24-25,27,37H,11-13,15-20H2,1-2H3,(H,38,43,44)/t24-,25+,27?/m0/s1/i/hD. The summed E-state index contributed by atoms with van der Waals surface area (Å²) in [5.74, 6) is -1.000. The van der Waals surface area contributed by atoms with Gasteiger partial charge in [0.1, 0.15) is 4.47 Å². The van der Waals surface area contributed by atoms with Gasteiger partial charge in [0.2, 0.25) is 11.8 Å². The molecule has 4 fully saturated rings. The monoisotopic (exact) mass is 688 g/mol. The molecule has 0 saturated carbocycles. The number of likely N-dealkylation sites (tertiary alicyclic amines) is 2. The van der Waals surface area contributed by atoms with Crippen molar-refractivity contribution in [2.75, 3.05) is 56.5 Å². The van der Waals surface area contributed by atoms with Crippen LogP contribution in [0.15, 0.2) is 64.0 Å². The highest BCUT2D eigenvalue weighted by molar-refractivity contribution is 9.10. The molecule has 46 heavy (non-hydrogen) atoms. The Morgan fingerprint density at radius 3 is 2.41 bits per heavy atom. The van der Waals surface area contributed by atoms with Crippen molar-refractivity contribution in [2.45, 2.75) is 37.1 Å². The summed E-state index contributed by atoms with van der Waals surface area (Å²) in [6.07, 6.45) is 3.23. The molecule has 0 radical (unpaired) electrons. The Morgan fingerprint density at radius 2 is 1.70 bits per heavy atom. The molecular formula is C34H38BrN7O4. The first-order chi connectivity index (χ1) is 22.5. The van der Waals surface area contributed by atoms with Crippen LogP contribution in [-0.2, 0) is 16.6 Å². The lowest BCUT2D eigenvalue weighted by Crippen LogP contribution is -2.73. The summed E-state index contributed by atoms with van der Waals surface area (Å²) >= 11 is 3.41. The number of imide groups is 1. The van der Waals surface area contributed by atoms with Crippen LogP contribution >= 0.6 is 15.9 Å². The zero-order valence-electron chi connectivity index (χ0n) is 27.0. The number of amides is 3. The van der Waals surface area contributed by atoms with E-state index >= 15 is 0 Å². The van der Waals surface area contributed by atoms with Crippen molar-refractivity contribution in [3.8, 4) is 0 Å². The van der Waals surface area contributed by atoms with Crippen LogP contribution in [0.1, 0.15) is 52.6 Å². The smallest absolute Gasteiger partial charge is 0.282 e. The van der Waals surface area contributed by atoms with E-state index in [1.807, 2.05) is 41.3 Å². The van der Waals surface area contributed by atoms with Gasteiger partial charge in [-0.25, -0.2) is 4.68 Å². The number of piperidine rings is 2. The number of nitrogens with one attached hydrogen (secondary N) is 2. The molecule has 2 N–H and O–H groups in total. The summed E-state index contributed by atoms with van der Waals surface area (Å²) in [5.41, 5.74) is 4.44. The molecule has 0 bridgehead atoms. The Bertz CT molecular complexity index is 1770. The number of nitrogens with zero attached hydrogens (tertiary/aromatic N) is 5. The molecule has 1 unspecified atom stereocenters. The molecule has 0 aliphatic carbocycles. The lowest BCUT2D eigenvalue weighted by molar-refractivity contribution is -0.134. The van der Waals surface area contributed by atoms with Crippen LogP contribution in [0.25, 0.3) is 0 Å². The molecule has 1 aromatic heterocycles. The van der Waals surface area contributed by atoms with Crippen LogP contribution in [0, 0.1) is 5.41 Å². The third kappa shape index (κ3) is 5.84. The van der Waals surface area contributed by atoms with E-state index in [0.717, 1.165) is 56.9 Å². The predicted molar refractivity (Wildman–Crippen MR) is 178 cm³/mol. The van der Waals surface area contributed by atoms with Gasteiger partial charge in [0, 0.05) is 75.4 Å². The number of anilines is 2. The van der Waals surface area contributed by atoms with Gasteiger partial charge in [0.25, 0.3) is 11.5 Å². The highest BCUT2D eigenvalue weighted by Gasteiger charge is 2.53. The quantitative estimate of drug-likeness (QED) is 0.380. The van der Waals surface area contributed by atoms with E-state index < -0.39 is 17.7 Å². The van der Waals surface area contributed by atoms with Crippen LogP contribution in [0.2, 0.25) is 1.41 Å². The molecule has 3 aromatic rings. The molecule has 5 heterocycles. The summed E-state index contributed by atoms with van der Waals surface area (Å²) < 4.78 is 9.47. The van der Waals surface area contributed by atoms with E-state index in [1.165, 1.54) is 10.2 Å². The first kappa shape index (κ1) is 29.4. The molecule has 7 rings (SSSR count). The van der Waals surface area contributed by atoms with Crippen LogP contribution in [-0.4, -0.2) is 89.7 Å². The van der Waals surface area contributed by atoms with Crippen LogP contribution in [0.4, 0.5) is 11.4 Å². The lowest BCUT2D eigenvalue weighted by Gasteiger charge is -2.61. The summed E-state index contributed by atoms with van der Waals surface area (Å²) in [4.78, 5) is 56.2. The fraction of sp³-hybridized carbons (Fsp3) is 0.441. The summed E-state index contributed by atoms with van der Waals surface area (Å²) in [7, 11) is 3.73. The van der Waals surface area contributed by atoms with Crippen molar-refractivity contribution in [3.05, 3.63) is 86.2 Å². The molecular weight excluding hydrogens is 650 g/mol. The van der Waals surface area contributed by atoms with Gasteiger partial charge < -0.3 is 20.0 Å². The summed E-state index contributed by atoms with van der Waals surface area (Å²) in [6, 6.07) is 16.1. The number of benzene rings is 2. The minimum absolute atomic E-state index is 0.0624. The van der Waals surface area contributed by atoms with Crippen molar-refractivity contribution >= 4 is 45.0 Å². The number of hydrogen-bond acceptors (Lipinski definition) is 8. The molecule has 4 saturated heterocycles. The van der Waals surface area contributed by atoms with E-state index in [1.54, 1.807) is 13.2 Å². The van der Waals surface area contributed by atoms with E-state index in [2.05, 4.69) is 55.3 Å². The topological polar surface area (TPSA) is 120 Å². The van der Waals surface area contributed by atoms with Crippen molar-refractivity contribution < 1.29 is 15.8 Å². The number of likely N-dealkylation sites (N-methyl/N-ethyl adjacent to an activating group) is 1. The Hall–Kier alpha value is -4.03. The molecule has 4 aliphatic heterocycles. The van der Waals surface area contributed by atoms with E-state index in [-0.39, 0.29) is 35.3 Å². The van der Waals surface area contributed by atoms with Gasteiger partial charge in [0.15, 0.2) is 1.41 Å². The molecule has 12 heteroatoms. The fourth-order valence-corrected chi connectivity index (χ4v) is 7.98.